The molecule has 3 rings (SSSR count). The van der Waals surface area contributed by atoms with Gasteiger partial charge in [-0.2, -0.15) is 0 Å². The van der Waals surface area contributed by atoms with Crippen molar-refractivity contribution in [2.75, 3.05) is 6.54 Å². The van der Waals surface area contributed by atoms with Gasteiger partial charge in [0.15, 0.2) is 0 Å². The minimum absolute atomic E-state index is 0.185. The van der Waals surface area contributed by atoms with Gasteiger partial charge in [-0.25, -0.2) is 4.39 Å². The highest BCUT2D eigenvalue weighted by Crippen LogP contribution is 2.16. The highest BCUT2D eigenvalue weighted by molar-refractivity contribution is 5.95. The molecule has 1 amide bonds. The number of hydrogen-bond acceptors (Lipinski definition) is 3. The molecule has 0 saturated heterocycles. The molecule has 0 atom stereocenters. The second-order valence-electron chi connectivity index (χ2n) is 6.11. The predicted molar refractivity (Wildman–Crippen MR) is 98.1 cm³/mol. The Morgan fingerprint density at radius 1 is 1.08 bits per heavy atom. The van der Waals surface area contributed by atoms with Crippen molar-refractivity contribution in [3.8, 4) is 0 Å². The lowest BCUT2D eigenvalue weighted by atomic mass is 10.1. The van der Waals surface area contributed by atoms with Crippen molar-refractivity contribution in [2.45, 2.75) is 19.9 Å². The Morgan fingerprint density at radius 3 is 2.62 bits per heavy atom. The van der Waals surface area contributed by atoms with Crippen molar-refractivity contribution in [3.63, 3.8) is 0 Å². The Bertz CT molecular complexity index is 869. The molecule has 132 valence electrons. The van der Waals surface area contributed by atoms with Crippen molar-refractivity contribution in [1.82, 2.24) is 14.9 Å². The summed E-state index contributed by atoms with van der Waals surface area (Å²) in [5.74, 6) is -0.595. The first kappa shape index (κ1) is 17.7. The number of hydrogen-bond donors (Lipinski definition) is 0. The predicted octanol–water partition coefficient (Wildman–Crippen LogP) is 3.81. The van der Waals surface area contributed by atoms with Crippen LogP contribution in [0.1, 0.15) is 27.2 Å². The average molecular weight is 349 g/mol. The molecule has 4 nitrogen and oxygen atoms in total. The van der Waals surface area contributed by atoms with Crippen LogP contribution in [0.15, 0.2) is 67.1 Å². The highest BCUT2D eigenvalue weighted by Gasteiger charge is 2.19. The maximum atomic E-state index is 13.7. The molecule has 0 spiro atoms. The molecule has 26 heavy (non-hydrogen) atoms. The van der Waals surface area contributed by atoms with Gasteiger partial charge in [0, 0.05) is 49.4 Å². The van der Waals surface area contributed by atoms with Gasteiger partial charge < -0.3 is 4.90 Å². The van der Waals surface area contributed by atoms with Crippen LogP contribution in [0.4, 0.5) is 4.39 Å². The van der Waals surface area contributed by atoms with Crippen LogP contribution < -0.4 is 0 Å². The molecular formula is C21H20FN3O. The van der Waals surface area contributed by atoms with Crippen LogP contribution in [0.3, 0.4) is 0 Å². The van der Waals surface area contributed by atoms with E-state index in [4.69, 9.17) is 0 Å². The smallest absolute Gasteiger partial charge is 0.254 e. The van der Waals surface area contributed by atoms with Crippen LogP contribution in [0.25, 0.3) is 0 Å². The van der Waals surface area contributed by atoms with Gasteiger partial charge in [-0.15, -0.1) is 0 Å². The fourth-order valence-electron chi connectivity index (χ4n) is 2.75. The number of amides is 1. The normalized spacial score (nSPS) is 10.5. The van der Waals surface area contributed by atoms with Crippen LogP contribution in [0, 0.1) is 12.7 Å². The van der Waals surface area contributed by atoms with Crippen molar-refractivity contribution >= 4 is 5.91 Å². The lowest BCUT2D eigenvalue weighted by molar-refractivity contribution is 0.0743. The third-order valence-corrected chi connectivity index (χ3v) is 4.20. The summed E-state index contributed by atoms with van der Waals surface area (Å²) in [6, 6.07) is 13.8. The van der Waals surface area contributed by atoms with E-state index >= 15 is 0 Å². The maximum Gasteiger partial charge on any atom is 0.254 e. The minimum Gasteiger partial charge on any atom is -0.334 e. The van der Waals surface area contributed by atoms with Crippen molar-refractivity contribution in [2.24, 2.45) is 0 Å². The van der Waals surface area contributed by atoms with E-state index in [1.165, 1.54) is 12.1 Å². The first-order valence-electron chi connectivity index (χ1n) is 8.48. The zero-order chi connectivity index (χ0) is 18.4. The Kier molecular flexibility index (Phi) is 5.69. The van der Waals surface area contributed by atoms with E-state index in [1.54, 1.807) is 29.6 Å². The fourth-order valence-corrected chi connectivity index (χ4v) is 2.75. The number of pyridine rings is 2. The van der Waals surface area contributed by atoms with Crippen LogP contribution >= 0.6 is 0 Å². The molecule has 0 bridgehead atoms. The Hall–Kier alpha value is -3.08. The van der Waals surface area contributed by atoms with E-state index in [0.717, 1.165) is 16.8 Å². The number of carbonyl (C=O) groups excluding carboxylic acids is 1. The first-order chi connectivity index (χ1) is 12.6. The van der Waals surface area contributed by atoms with Gasteiger partial charge in [0.2, 0.25) is 0 Å². The molecule has 2 aromatic heterocycles. The summed E-state index contributed by atoms with van der Waals surface area (Å²) in [4.78, 5) is 23.1. The quantitative estimate of drug-likeness (QED) is 0.680. The topological polar surface area (TPSA) is 46.1 Å². The van der Waals surface area contributed by atoms with E-state index in [2.05, 4.69) is 9.97 Å². The Labute approximate surface area is 152 Å². The maximum absolute atomic E-state index is 13.7. The lowest BCUT2D eigenvalue weighted by Crippen LogP contribution is -2.33. The van der Waals surface area contributed by atoms with Gasteiger partial charge >= 0.3 is 0 Å². The molecule has 0 aliphatic heterocycles. The van der Waals surface area contributed by atoms with Gasteiger partial charge in [-0.05, 0) is 54.4 Å². The van der Waals surface area contributed by atoms with Gasteiger partial charge in [-0.1, -0.05) is 12.1 Å². The first-order valence-corrected chi connectivity index (χ1v) is 8.48. The number of aromatic nitrogens is 2. The Balaban J connectivity index is 1.83. The molecule has 0 aliphatic rings. The van der Waals surface area contributed by atoms with Crippen LogP contribution in [-0.2, 0) is 13.0 Å². The largest absolute Gasteiger partial charge is 0.334 e. The third kappa shape index (κ3) is 4.51. The second kappa shape index (κ2) is 8.34. The molecule has 2 heterocycles. The third-order valence-electron chi connectivity index (χ3n) is 4.20. The summed E-state index contributed by atoms with van der Waals surface area (Å²) >= 11 is 0. The average Bonchev–Trinajstić information content (AvgIpc) is 2.68. The fraction of sp³-hybridized carbons (Fsp3) is 0.190. The van der Waals surface area contributed by atoms with E-state index in [1.807, 2.05) is 37.3 Å². The summed E-state index contributed by atoms with van der Waals surface area (Å²) in [7, 11) is 0. The lowest BCUT2D eigenvalue weighted by Gasteiger charge is -2.23. The van der Waals surface area contributed by atoms with Crippen LogP contribution in [0.5, 0.6) is 0 Å². The summed E-state index contributed by atoms with van der Waals surface area (Å²) in [5, 5.41) is 0. The molecule has 3 aromatic rings. The number of rotatable bonds is 6. The molecule has 0 fully saturated rings. The number of carbonyl (C=O) groups is 1. The standard InChI is InChI=1S/C21H20FN3O/c1-16-5-6-18(22)14-20(16)21(26)25(15-17-7-11-23-12-8-17)13-9-19-4-2-3-10-24-19/h2-8,10-12,14H,9,13,15H2,1H3. The SMILES string of the molecule is Cc1ccc(F)cc1C(=O)N(CCc1ccccn1)Cc1ccncc1. The summed E-state index contributed by atoms with van der Waals surface area (Å²) in [6.45, 7) is 2.74. The summed E-state index contributed by atoms with van der Waals surface area (Å²) in [5.41, 5.74) is 3.04. The summed E-state index contributed by atoms with van der Waals surface area (Å²) < 4.78 is 13.7. The monoisotopic (exact) mass is 349 g/mol. The van der Waals surface area contributed by atoms with Crippen LogP contribution in [0.2, 0.25) is 0 Å². The number of nitrogens with zero attached hydrogens (tertiary/aromatic N) is 3. The van der Waals surface area contributed by atoms with E-state index in [0.29, 0.717) is 25.1 Å². The molecule has 5 heteroatoms. The molecule has 1 aromatic carbocycles. The molecule has 0 aliphatic carbocycles. The molecular weight excluding hydrogens is 329 g/mol. The van der Waals surface area contributed by atoms with Crippen molar-refractivity contribution in [1.29, 1.82) is 0 Å². The van der Waals surface area contributed by atoms with Gasteiger partial charge in [0.1, 0.15) is 5.82 Å². The van der Waals surface area contributed by atoms with Gasteiger partial charge in [0.25, 0.3) is 5.91 Å². The highest BCUT2D eigenvalue weighted by atomic mass is 19.1. The zero-order valence-electron chi connectivity index (χ0n) is 14.6. The second-order valence-corrected chi connectivity index (χ2v) is 6.11. The number of aryl methyl sites for hydroxylation is 1. The van der Waals surface area contributed by atoms with E-state index < -0.39 is 5.82 Å². The van der Waals surface area contributed by atoms with Crippen molar-refractivity contribution < 1.29 is 9.18 Å². The van der Waals surface area contributed by atoms with Crippen molar-refractivity contribution in [3.05, 3.63) is 95.3 Å². The zero-order valence-corrected chi connectivity index (χ0v) is 14.6. The van der Waals surface area contributed by atoms with Crippen LogP contribution in [-0.4, -0.2) is 27.3 Å². The Morgan fingerprint density at radius 2 is 1.88 bits per heavy atom. The molecule has 0 saturated carbocycles. The number of halogens is 1. The molecule has 0 unspecified atom stereocenters. The minimum atomic E-state index is -0.410. The van der Waals surface area contributed by atoms with Gasteiger partial charge in [0.05, 0.1) is 0 Å². The molecule has 0 N–H and O–H groups in total. The van der Waals surface area contributed by atoms with Gasteiger partial charge in [-0.3, -0.25) is 14.8 Å². The molecule has 0 radical (unpaired) electrons. The summed E-state index contributed by atoms with van der Waals surface area (Å²) in [6.07, 6.45) is 5.77. The number of benzene rings is 1. The van der Waals surface area contributed by atoms with E-state index in [-0.39, 0.29) is 5.91 Å². The van der Waals surface area contributed by atoms with E-state index in [9.17, 15) is 9.18 Å².